The largest absolute Gasteiger partial charge is 0.481 e. The van der Waals surface area contributed by atoms with Gasteiger partial charge in [0, 0.05) is 6.54 Å². The van der Waals surface area contributed by atoms with Gasteiger partial charge in [-0.1, -0.05) is 37.3 Å². The summed E-state index contributed by atoms with van der Waals surface area (Å²) in [5.74, 6) is -3.28. The molecule has 7 nitrogen and oxygen atoms in total. The fourth-order valence-corrected chi connectivity index (χ4v) is 2.78. The van der Waals surface area contributed by atoms with E-state index in [1.54, 1.807) is 30.3 Å². The summed E-state index contributed by atoms with van der Waals surface area (Å²) in [7, 11) is -4.36. The van der Waals surface area contributed by atoms with Crippen LogP contribution in [-0.4, -0.2) is 39.5 Å². The lowest BCUT2D eigenvalue weighted by Gasteiger charge is -2.18. The van der Waals surface area contributed by atoms with Crippen molar-refractivity contribution in [2.45, 2.75) is 13.3 Å². The van der Waals surface area contributed by atoms with E-state index in [1.165, 1.54) is 6.92 Å². The summed E-state index contributed by atoms with van der Waals surface area (Å²) >= 11 is 0. The van der Waals surface area contributed by atoms with Gasteiger partial charge in [0.25, 0.3) is 0 Å². The molecule has 0 aliphatic rings. The number of carboxylic acid groups (broad SMARTS) is 1. The smallest absolute Gasteiger partial charge is 0.326 e. The molecule has 2 atom stereocenters. The zero-order valence-corrected chi connectivity index (χ0v) is 13.1. The second-order valence-electron chi connectivity index (χ2n) is 5.22. The Labute approximate surface area is 128 Å². The molecule has 0 fully saturated rings. The predicted molar refractivity (Wildman–Crippen MR) is 80.4 cm³/mol. The lowest BCUT2D eigenvalue weighted by atomic mass is 10.00. The minimum absolute atomic E-state index is 0.0827. The molecule has 8 heteroatoms. The molecule has 0 saturated carbocycles. The van der Waals surface area contributed by atoms with Crippen LogP contribution < -0.4 is 5.32 Å². The standard InChI is InChI=1S/C14H20NO6P/c1-10(14(17)18)8-15-13(16)12(9-22(19,20)21)7-11-5-3-2-4-6-11/h2-6,10,12H,7-9H2,1H3,(H,15,16)(H,17,18)(H2,19,20,21). The molecule has 0 aromatic heterocycles. The van der Waals surface area contributed by atoms with Crippen molar-refractivity contribution in [3.8, 4) is 0 Å². The van der Waals surface area contributed by atoms with E-state index in [0.717, 1.165) is 5.56 Å². The van der Waals surface area contributed by atoms with Crippen molar-refractivity contribution < 1.29 is 29.0 Å². The molecule has 0 spiro atoms. The second kappa shape index (κ2) is 8.08. The van der Waals surface area contributed by atoms with Crippen molar-refractivity contribution in [1.82, 2.24) is 5.32 Å². The first-order chi connectivity index (χ1) is 10.2. The fraction of sp³-hybridized carbons (Fsp3) is 0.429. The first kappa shape index (κ1) is 18.4. The average Bonchev–Trinajstić information content (AvgIpc) is 2.43. The number of carbonyl (C=O) groups is 2. The lowest BCUT2D eigenvalue weighted by molar-refractivity contribution is -0.141. The number of rotatable bonds is 8. The Morgan fingerprint density at radius 1 is 1.23 bits per heavy atom. The highest BCUT2D eigenvalue weighted by molar-refractivity contribution is 7.51. The van der Waals surface area contributed by atoms with Crippen LogP contribution in [0.1, 0.15) is 12.5 Å². The third kappa shape index (κ3) is 6.85. The molecule has 1 aromatic carbocycles. The second-order valence-corrected chi connectivity index (χ2v) is 6.91. The molecule has 0 saturated heterocycles. The van der Waals surface area contributed by atoms with Gasteiger partial charge in [0.2, 0.25) is 5.91 Å². The maximum atomic E-state index is 12.1. The van der Waals surface area contributed by atoms with Gasteiger partial charge in [-0.25, -0.2) is 0 Å². The van der Waals surface area contributed by atoms with Crippen molar-refractivity contribution in [3.63, 3.8) is 0 Å². The van der Waals surface area contributed by atoms with Crippen molar-refractivity contribution in [1.29, 1.82) is 0 Å². The van der Waals surface area contributed by atoms with E-state index in [-0.39, 0.29) is 13.0 Å². The fourth-order valence-electron chi connectivity index (χ4n) is 1.91. The Hall–Kier alpha value is -1.69. The summed E-state index contributed by atoms with van der Waals surface area (Å²) in [4.78, 5) is 41.1. The number of aliphatic carboxylic acids is 1. The van der Waals surface area contributed by atoms with E-state index >= 15 is 0 Å². The van der Waals surface area contributed by atoms with Gasteiger partial charge in [-0.2, -0.15) is 0 Å². The number of benzene rings is 1. The molecule has 2 unspecified atom stereocenters. The highest BCUT2D eigenvalue weighted by atomic mass is 31.2. The topological polar surface area (TPSA) is 124 Å². The maximum absolute atomic E-state index is 12.1. The van der Waals surface area contributed by atoms with Crippen molar-refractivity contribution in [3.05, 3.63) is 35.9 Å². The SMILES string of the molecule is CC(CNC(=O)C(Cc1ccccc1)CP(=O)(O)O)C(=O)O. The van der Waals surface area contributed by atoms with Gasteiger partial charge in [-0.15, -0.1) is 0 Å². The van der Waals surface area contributed by atoms with Gasteiger partial charge in [0.05, 0.1) is 18.0 Å². The Morgan fingerprint density at radius 2 is 1.82 bits per heavy atom. The highest BCUT2D eigenvalue weighted by Gasteiger charge is 2.28. The summed E-state index contributed by atoms with van der Waals surface area (Å²) < 4.78 is 11.2. The van der Waals surface area contributed by atoms with E-state index in [9.17, 15) is 14.2 Å². The molecular weight excluding hydrogens is 309 g/mol. The Morgan fingerprint density at radius 3 is 2.32 bits per heavy atom. The highest BCUT2D eigenvalue weighted by Crippen LogP contribution is 2.37. The Balaban J connectivity index is 2.74. The van der Waals surface area contributed by atoms with Gasteiger partial charge in [-0.05, 0) is 12.0 Å². The number of carboxylic acids is 1. The predicted octanol–water partition coefficient (Wildman–Crippen LogP) is 0.860. The van der Waals surface area contributed by atoms with Crippen LogP contribution in [0.4, 0.5) is 0 Å². The summed E-state index contributed by atoms with van der Waals surface area (Å²) in [5, 5.41) is 11.2. The lowest BCUT2D eigenvalue weighted by Crippen LogP contribution is -2.38. The van der Waals surface area contributed by atoms with Gasteiger partial charge in [0.1, 0.15) is 0 Å². The summed E-state index contributed by atoms with van der Waals surface area (Å²) in [5.41, 5.74) is 0.780. The number of nitrogens with one attached hydrogen (secondary N) is 1. The third-order valence-corrected chi connectivity index (χ3v) is 4.07. The zero-order valence-electron chi connectivity index (χ0n) is 12.2. The van der Waals surface area contributed by atoms with Crippen LogP contribution in [0.2, 0.25) is 0 Å². The Kier molecular flexibility index (Phi) is 6.74. The van der Waals surface area contributed by atoms with Crippen LogP contribution in [0.3, 0.4) is 0 Å². The van der Waals surface area contributed by atoms with Crippen molar-refractivity contribution >= 4 is 19.5 Å². The van der Waals surface area contributed by atoms with E-state index in [1.807, 2.05) is 0 Å². The van der Waals surface area contributed by atoms with Crippen LogP contribution in [0, 0.1) is 11.8 Å². The van der Waals surface area contributed by atoms with Crippen molar-refractivity contribution in [2.24, 2.45) is 11.8 Å². The van der Waals surface area contributed by atoms with Gasteiger partial charge >= 0.3 is 13.6 Å². The molecule has 0 radical (unpaired) electrons. The third-order valence-electron chi connectivity index (χ3n) is 3.16. The summed E-state index contributed by atoms with van der Waals surface area (Å²) in [6.45, 7) is 1.36. The van der Waals surface area contributed by atoms with Crippen LogP contribution in [0.15, 0.2) is 30.3 Å². The molecular formula is C14H20NO6P. The number of amides is 1. The first-order valence-corrected chi connectivity index (χ1v) is 8.58. The number of carbonyl (C=O) groups excluding carboxylic acids is 1. The molecule has 0 heterocycles. The molecule has 22 heavy (non-hydrogen) atoms. The zero-order chi connectivity index (χ0) is 16.8. The van der Waals surface area contributed by atoms with Crippen LogP contribution >= 0.6 is 7.60 Å². The normalized spacial score (nSPS) is 14.1. The molecule has 1 rings (SSSR count). The molecule has 4 N–H and O–H groups in total. The quantitative estimate of drug-likeness (QED) is 0.524. The van der Waals surface area contributed by atoms with Crippen LogP contribution in [-0.2, 0) is 20.6 Å². The van der Waals surface area contributed by atoms with Gasteiger partial charge in [-0.3, -0.25) is 14.2 Å². The van der Waals surface area contributed by atoms with Crippen LogP contribution in [0.25, 0.3) is 0 Å². The maximum Gasteiger partial charge on any atom is 0.326 e. The minimum atomic E-state index is -4.36. The van der Waals surface area contributed by atoms with Gasteiger partial charge < -0.3 is 20.2 Å². The van der Waals surface area contributed by atoms with Gasteiger partial charge in [0.15, 0.2) is 0 Å². The molecule has 0 aliphatic heterocycles. The molecule has 1 amide bonds. The molecule has 1 aromatic rings. The monoisotopic (exact) mass is 329 g/mol. The van der Waals surface area contributed by atoms with E-state index in [2.05, 4.69) is 5.32 Å². The van der Waals surface area contributed by atoms with E-state index in [0.29, 0.717) is 0 Å². The van der Waals surface area contributed by atoms with E-state index < -0.39 is 37.5 Å². The van der Waals surface area contributed by atoms with Crippen LogP contribution in [0.5, 0.6) is 0 Å². The average molecular weight is 329 g/mol. The van der Waals surface area contributed by atoms with Crippen molar-refractivity contribution in [2.75, 3.05) is 12.7 Å². The first-order valence-electron chi connectivity index (χ1n) is 6.78. The summed E-state index contributed by atoms with van der Waals surface area (Å²) in [6.07, 6.45) is -0.394. The molecule has 0 bridgehead atoms. The number of hydrogen-bond acceptors (Lipinski definition) is 3. The minimum Gasteiger partial charge on any atom is -0.481 e. The number of hydrogen-bond donors (Lipinski definition) is 4. The molecule has 0 aliphatic carbocycles. The summed E-state index contributed by atoms with van der Waals surface area (Å²) in [6, 6.07) is 8.87. The van der Waals surface area contributed by atoms with E-state index in [4.69, 9.17) is 14.9 Å². The molecule has 122 valence electrons. The Bertz CT molecular complexity index is 556.